The normalized spacial score (nSPS) is 18.9. The predicted molar refractivity (Wildman–Crippen MR) is 106 cm³/mol. The minimum Gasteiger partial charge on any atom is -0.497 e. The van der Waals surface area contributed by atoms with Gasteiger partial charge in [0.2, 0.25) is 5.91 Å². The maximum atomic E-state index is 11.8. The third kappa shape index (κ3) is 6.92. The van der Waals surface area contributed by atoms with Gasteiger partial charge >= 0.3 is 0 Å². The Balaban J connectivity index is 0.00000156. The molecule has 142 valence electrons. The summed E-state index contributed by atoms with van der Waals surface area (Å²) in [5, 5.41) is 6.29. The lowest BCUT2D eigenvalue weighted by molar-refractivity contribution is -0.120. The van der Waals surface area contributed by atoms with Crippen molar-refractivity contribution in [3.05, 3.63) is 24.3 Å². The number of nitrogens with zero attached hydrogens (tertiary/aromatic N) is 1. The Morgan fingerprint density at radius 3 is 2.72 bits per heavy atom. The highest BCUT2D eigenvalue weighted by molar-refractivity contribution is 5.85. The van der Waals surface area contributed by atoms with Crippen LogP contribution in [0.5, 0.6) is 5.75 Å². The molecule has 25 heavy (non-hydrogen) atoms. The van der Waals surface area contributed by atoms with Gasteiger partial charge in [-0.3, -0.25) is 4.79 Å². The second-order valence-corrected chi connectivity index (χ2v) is 6.68. The number of hydrogen-bond acceptors (Lipinski definition) is 4. The van der Waals surface area contributed by atoms with E-state index in [0.29, 0.717) is 12.5 Å². The summed E-state index contributed by atoms with van der Waals surface area (Å²) >= 11 is 0. The monoisotopic (exact) mass is 389 g/mol. The Labute approximate surface area is 162 Å². The highest BCUT2D eigenvalue weighted by Crippen LogP contribution is 2.27. The Kier molecular flexibility index (Phi) is 9.39. The van der Waals surface area contributed by atoms with Crippen molar-refractivity contribution in [1.29, 1.82) is 0 Å². The van der Waals surface area contributed by atoms with Gasteiger partial charge in [0.1, 0.15) is 5.75 Å². The van der Waals surface area contributed by atoms with Crippen LogP contribution in [0.25, 0.3) is 0 Å². The van der Waals surface area contributed by atoms with Gasteiger partial charge in [-0.05, 0) is 49.8 Å². The van der Waals surface area contributed by atoms with E-state index in [-0.39, 0.29) is 30.7 Å². The molecule has 7 heteroatoms. The van der Waals surface area contributed by atoms with Gasteiger partial charge in [0.15, 0.2) is 0 Å². The van der Waals surface area contributed by atoms with E-state index in [1.807, 2.05) is 12.1 Å². The van der Waals surface area contributed by atoms with Crippen molar-refractivity contribution in [3.8, 4) is 5.75 Å². The quantitative estimate of drug-likeness (QED) is 0.716. The zero-order valence-corrected chi connectivity index (χ0v) is 16.3. The fourth-order valence-corrected chi connectivity index (χ4v) is 3.07. The lowest BCUT2D eigenvalue weighted by Crippen LogP contribution is -2.37. The summed E-state index contributed by atoms with van der Waals surface area (Å²) in [5.41, 5.74) is 1.20. The number of hydrogen-bond donors (Lipinski definition) is 2. The van der Waals surface area contributed by atoms with E-state index >= 15 is 0 Å². The van der Waals surface area contributed by atoms with E-state index in [1.54, 1.807) is 7.11 Å². The highest BCUT2D eigenvalue weighted by Gasteiger charge is 2.24. The number of nitrogens with one attached hydrogen (secondary N) is 2. The minimum absolute atomic E-state index is 0. The van der Waals surface area contributed by atoms with Gasteiger partial charge in [-0.2, -0.15) is 0 Å². The zero-order valence-electron chi connectivity index (χ0n) is 14.7. The molecular weight excluding hydrogens is 361 g/mol. The predicted octanol–water partition coefficient (Wildman–Crippen LogP) is 2.48. The van der Waals surface area contributed by atoms with Gasteiger partial charge in [0, 0.05) is 31.4 Å². The first-order chi connectivity index (χ1) is 11.2. The molecule has 1 heterocycles. The number of carbonyl (C=O) groups excluding carboxylic acids is 1. The number of anilines is 1. The van der Waals surface area contributed by atoms with E-state index in [0.717, 1.165) is 44.3 Å². The number of carbonyl (C=O) groups is 1. The second-order valence-electron chi connectivity index (χ2n) is 6.68. The molecule has 1 amide bonds. The van der Waals surface area contributed by atoms with Crippen LogP contribution in [-0.2, 0) is 4.79 Å². The van der Waals surface area contributed by atoms with Gasteiger partial charge in [0.05, 0.1) is 13.7 Å². The van der Waals surface area contributed by atoms with Crippen LogP contribution in [0, 0.1) is 11.8 Å². The van der Waals surface area contributed by atoms with Crippen LogP contribution in [0.15, 0.2) is 24.3 Å². The van der Waals surface area contributed by atoms with Crippen molar-refractivity contribution in [2.75, 3.05) is 44.7 Å². The molecule has 1 aliphatic carbocycles. The minimum atomic E-state index is 0. The van der Waals surface area contributed by atoms with Gasteiger partial charge in [-0.25, -0.2) is 0 Å². The molecule has 1 aromatic rings. The number of ether oxygens (including phenoxy) is 1. The SMILES string of the molecule is COc1cccc(N2CCC(CNC(=O)CNCC3CC3)C2)c1.Cl.Cl. The topological polar surface area (TPSA) is 53.6 Å². The second kappa shape index (κ2) is 10.7. The molecule has 3 rings (SSSR count). The summed E-state index contributed by atoms with van der Waals surface area (Å²) in [6, 6.07) is 8.18. The number of halogens is 2. The summed E-state index contributed by atoms with van der Waals surface area (Å²) in [4.78, 5) is 14.2. The van der Waals surface area contributed by atoms with Crippen molar-refractivity contribution in [2.45, 2.75) is 19.3 Å². The summed E-state index contributed by atoms with van der Waals surface area (Å²) in [5.74, 6) is 2.34. The smallest absolute Gasteiger partial charge is 0.233 e. The summed E-state index contributed by atoms with van der Waals surface area (Å²) in [6.45, 7) is 4.23. The van der Waals surface area contributed by atoms with Gasteiger partial charge in [0.25, 0.3) is 0 Å². The molecule has 0 spiro atoms. The van der Waals surface area contributed by atoms with Crippen LogP contribution in [0.4, 0.5) is 5.69 Å². The lowest BCUT2D eigenvalue weighted by atomic mass is 10.1. The number of methoxy groups -OCH3 is 1. The van der Waals surface area contributed by atoms with Crippen molar-refractivity contribution in [3.63, 3.8) is 0 Å². The average molecular weight is 390 g/mol. The Bertz CT molecular complexity index is 541. The first kappa shape index (κ1) is 21.9. The molecule has 5 nitrogen and oxygen atoms in total. The summed E-state index contributed by atoms with van der Waals surface area (Å²) < 4.78 is 5.29. The molecule has 1 atom stereocenters. The van der Waals surface area contributed by atoms with Crippen LogP contribution >= 0.6 is 24.8 Å². The molecule has 1 unspecified atom stereocenters. The van der Waals surface area contributed by atoms with Crippen LogP contribution < -0.4 is 20.3 Å². The lowest BCUT2D eigenvalue weighted by Gasteiger charge is -2.19. The van der Waals surface area contributed by atoms with Crippen molar-refractivity contribution >= 4 is 36.4 Å². The fraction of sp³-hybridized carbons (Fsp3) is 0.611. The van der Waals surface area contributed by atoms with E-state index in [1.165, 1.54) is 18.5 Å². The Morgan fingerprint density at radius 1 is 1.20 bits per heavy atom. The van der Waals surface area contributed by atoms with Crippen LogP contribution in [0.2, 0.25) is 0 Å². The van der Waals surface area contributed by atoms with E-state index in [9.17, 15) is 4.79 Å². The molecule has 2 N–H and O–H groups in total. The first-order valence-corrected chi connectivity index (χ1v) is 8.61. The molecule has 1 aromatic carbocycles. The fourth-order valence-electron chi connectivity index (χ4n) is 3.07. The molecule has 0 aromatic heterocycles. The molecule has 0 bridgehead atoms. The van der Waals surface area contributed by atoms with Gasteiger partial charge < -0.3 is 20.3 Å². The molecule has 0 radical (unpaired) electrons. The average Bonchev–Trinajstić information content (AvgIpc) is 3.28. The number of rotatable bonds is 8. The third-order valence-electron chi connectivity index (χ3n) is 4.71. The van der Waals surface area contributed by atoms with Crippen molar-refractivity contribution in [1.82, 2.24) is 10.6 Å². The maximum Gasteiger partial charge on any atom is 0.233 e. The number of amides is 1. The first-order valence-electron chi connectivity index (χ1n) is 8.61. The van der Waals surface area contributed by atoms with Crippen molar-refractivity contribution < 1.29 is 9.53 Å². The number of benzene rings is 1. The summed E-state index contributed by atoms with van der Waals surface area (Å²) in [7, 11) is 1.69. The molecule has 1 aliphatic heterocycles. The van der Waals surface area contributed by atoms with Crippen molar-refractivity contribution in [2.24, 2.45) is 11.8 Å². The standard InChI is InChI=1S/C18H27N3O2.2ClH/c1-23-17-4-2-3-16(9-17)21-8-7-15(13-21)11-20-18(22)12-19-10-14-5-6-14;;/h2-4,9,14-15,19H,5-8,10-13H2,1H3,(H,20,22);2*1H. The maximum absolute atomic E-state index is 11.8. The van der Waals surface area contributed by atoms with Crippen LogP contribution in [0.1, 0.15) is 19.3 Å². The van der Waals surface area contributed by atoms with Gasteiger partial charge in [-0.15, -0.1) is 24.8 Å². The van der Waals surface area contributed by atoms with E-state index in [4.69, 9.17) is 4.74 Å². The molecule has 1 saturated heterocycles. The molecule has 1 saturated carbocycles. The van der Waals surface area contributed by atoms with E-state index in [2.05, 4.69) is 27.7 Å². The van der Waals surface area contributed by atoms with Crippen LogP contribution in [-0.4, -0.2) is 45.7 Å². The summed E-state index contributed by atoms with van der Waals surface area (Å²) in [6.07, 6.45) is 3.75. The van der Waals surface area contributed by atoms with E-state index < -0.39 is 0 Å². The molecule has 2 aliphatic rings. The molecule has 2 fully saturated rings. The Morgan fingerprint density at radius 2 is 2.00 bits per heavy atom. The third-order valence-corrected chi connectivity index (χ3v) is 4.71. The zero-order chi connectivity index (χ0) is 16.1. The largest absolute Gasteiger partial charge is 0.497 e. The van der Waals surface area contributed by atoms with Crippen LogP contribution in [0.3, 0.4) is 0 Å². The highest BCUT2D eigenvalue weighted by atomic mass is 35.5. The van der Waals surface area contributed by atoms with Gasteiger partial charge in [-0.1, -0.05) is 6.07 Å². The Hall–Kier alpha value is -1.17. The molecular formula is C18H29Cl2N3O2.